The standard InChI is InChI=1S/C26H30N8O2/c1-33(16-19-5-9-36-18-19)25-20(13-27)12-21(14-30-25)24-4-6-28-26(32-24)31-22-2-3-23(29-15-22)17-34-7-10-35-11-8-34/h2-4,6,12,14-15,19H,5,7-11,16-18H2,1H3,(H,28,31,32). The molecule has 0 aromatic carbocycles. The van der Waals surface area contributed by atoms with E-state index in [1.165, 1.54) is 0 Å². The molecule has 0 radical (unpaired) electrons. The zero-order chi connectivity index (χ0) is 24.7. The fourth-order valence-electron chi connectivity index (χ4n) is 4.47. The number of hydrogen-bond acceptors (Lipinski definition) is 10. The molecule has 5 rings (SSSR count). The number of rotatable bonds is 8. The Balaban J connectivity index is 1.26. The van der Waals surface area contributed by atoms with E-state index in [9.17, 15) is 5.26 Å². The molecule has 0 bridgehead atoms. The van der Waals surface area contributed by atoms with E-state index in [2.05, 4.69) is 36.2 Å². The maximum absolute atomic E-state index is 9.77. The summed E-state index contributed by atoms with van der Waals surface area (Å²) >= 11 is 0. The summed E-state index contributed by atoms with van der Waals surface area (Å²) in [6, 6.07) is 9.92. The van der Waals surface area contributed by atoms with Gasteiger partial charge in [-0.2, -0.15) is 5.26 Å². The third-order valence-electron chi connectivity index (χ3n) is 6.43. The number of ether oxygens (including phenoxy) is 2. The van der Waals surface area contributed by atoms with Gasteiger partial charge in [-0.1, -0.05) is 0 Å². The average Bonchev–Trinajstić information content (AvgIpc) is 3.43. The molecule has 186 valence electrons. The second-order valence-corrected chi connectivity index (χ2v) is 9.13. The predicted octanol–water partition coefficient (Wildman–Crippen LogP) is 2.85. The molecule has 36 heavy (non-hydrogen) atoms. The molecule has 1 N–H and O–H groups in total. The van der Waals surface area contributed by atoms with Gasteiger partial charge in [0, 0.05) is 63.7 Å². The van der Waals surface area contributed by atoms with E-state index < -0.39 is 0 Å². The molecule has 3 aromatic rings. The summed E-state index contributed by atoms with van der Waals surface area (Å²) in [5.74, 6) is 1.58. The van der Waals surface area contributed by atoms with Crippen LogP contribution in [0.15, 0.2) is 42.9 Å². The lowest BCUT2D eigenvalue weighted by atomic mass is 10.1. The van der Waals surface area contributed by atoms with Crippen molar-refractivity contribution in [3.8, 4) is 17.3 Å². The van der Waals surface area contributed by atoms with Gasteiger partial charge in [0.2, 0.25) is 5.95 Å². The molecule has 2 aliphatic rings. The Morgan fingerprint density at radius 2 is 2.00 bits per heavy atom. The normalized spacial score (nSPS) is 18.1. The Morgan fingerprint density at radius 1 is 1.11 bits per heavy atom. The van der Waals surface area contributed by atoms with Crippen molar-refractivity contribution in [3.05, 3.63) is 54.1 Å². The summed E-state index contributed by atoms with van der Waals surface area (Å²) < 4.78 is 10.9. The smallest absolute Gasteiger partial charge is 0.227 e. The van der Waals surface area contributed by atoms with Gasteiger partial charge in [0.15, 0.2) is 0 Å². The summed E-state index contributed by atoms with van der Waals surface area (Å²) in [5, 5.41) is 13.0. The van der Waals surface area contributed by atoms with Gasteiger partial charge in [0.1, 0.15) is 11.9 Å². The highest BCUT2D eigenvalue weighted by atomic mass is 16.5. The summed E-state index contributed by atoms with van der Waals surface area (Å²) in [5.41, 5.74) is 3.78. The predicted molar refractivity (Wildman–Crippen MR) is 136 cm³/mol. The number of anilines is 3. The zero-order valence-corrected chi connectivity index (χ0v) is 20.4. The number of morpholine rings is 1. The molecule has 1 atom stereocenters. The van der Waals surface area contributed by atoms with Crippen molar-refractivity contribution in [2.75, 3.05) is 63.3 Å². The van der Waals surface area contributed by atoms with Crippen LogP contribution in [0.3, 0.4) is 0 Å². The van der Waals surface area contributed by atoms with Gasteiger partial charge in [-0.05, 0) is 30.7 Å². The maximum Gasteiger partial charge on any atom is 0.227 e. The number of nitrogens with zero attached hydrogens (tertiary/aromatic N) is 7. The van der Waals surface area contributed by atoms with Gasteiger partial charge in [-0.25, -0.2) is 15.0 Å². The molecule has 0 aliphatic carbocycles. The first-order chi connectivity index (χ1) is 17.7. The minimum atomic E-state index is 0.455. The number of aromatic nitrogens is 4. The van der Waals surface area contributed by atoms with E-state index in [-0.39, 0.29) is 0 Å². The van der Waals surface area contributed by atoms with Crippen molar-refractivity contribution in [2.45, 2.75) is 13.0 Å². The van der Waals surface area contributed by atoms with Crippen LogP contribution in [0.5, 0.6) is 0 Å². The first-order valence-corrected chi connectivity index (χ1v) is 12.2. The van der Waals surface area contributed by atoms with Crippen molar-refractivity contribution in [3.63, 3.8) is 0 Å². The fourth-order valence-corrected chi connectivity index (χ4v) is 4.47. The molecule has 1 unspecified atom stereocenters. The Labute approximate surface area is 210 Å². The topological polar surface area (TPSA) is 112 Å². The van der Waals surface area contributed by atoms with Gasteiger partial charge in [-0.3, -0.25) is 9.88 Å². The Hall–Kier alpha value is -3.65. The van der Waals surface area contributed by atoms with Gasteiger partial charge < -0.3 is 19.7 Å². The fraction of sp³-hybridized carbons (Fsp3) is 0.423. The molecule has 2 fully saturated rings. The van der Waals surface area contributed by atoms with Crippen molar-refractivity contribution in [2.24, 2.45) is 5.92 Å². The van der Waals surface area contributed by atoms with Gasteiger partial charge in [-0.15, -0.1) is 0 Å². The number of pyridine rings is 2. The zero-order valence-electron chi connectivity index (χ0n) is 20.4. The second-order valence-electron chi connectivity index (χ2n) is 9.13. The van der Waals surface area contributed by atoms with Crippen LogP contribution in [0.1, 0.15) is 17.7 Å². The lowest BCUT2D eigenvalue weighted by Crippen LogP contribution is -2.35. The van der Waals surface area contributed by atoms with Gasteiger partial charge >= 0.3 is 0 Å². The van der Waals surface area contributed by atoms with Crippen LogP contribution in [0.25, 0.3) is 11.3 Å². The molecule has 2 aliphatic heterocycles. The highest BCUT2D eigenvalue weighted by molar-refractivity contribution is 5.66. The lowest BCUT2D eigenvalue weighted by molar-refractivity contribution is 0.0336. The van der Waals surface area contributed by atoms with E-state index in [4.69, 9.17) is 9.47 Å². The Kier molecular flexibility index (Phi) is 7.61. The van der Waals surface area contributed by atoms with Crippen LogP contribution in [0.2, 0.25) is 0 Å². The van der Waals surface area contributed by atoms with E-state index in [0.29, 0.717) is 28.9 Å². The molecule has 10 nitrogen and oxygen atoms in total. The van der Waals surface area contributed by atoms with Crippen LogP contribution in [-0.2, 0) is 16.0 Å². The third-order valence-corrected chi connectivity index (χ3v) is 6.43. The molecule has 5 heterocycles. The summed E-state index contributed by atoms with van der Waals surface area (Å²) in [6.07, 6.45) is 6.28. The second kappa shape index (κ2) is 11.4. The van der Waals surface area contributed by atoms with Crippen molar-refractivity contribution in [1.82, 2.24) is 24.8 Å². The highest BCUT2D eigenvalue weighted by Crippen LogP contribution is 2.25. The molecular formula is C26H30N8O2. The van der Waals surface area contributed by atoms with Crippen LogP contribution >= 0.6 is 0 Å². The van der Waals surface area contributed by atoms with Crippen LogP contribution in [0, 0.1) is 17.2 Å². The largest absolute Gasteiger partial charge is 0.381 e. The van der Waals surface area contributed by atoms with Gasteiger partial charge in [0.25, 0.3) is 0 Å². The number of hydrogen-bond donors (Lipinski definition) is 1. The highest BCUT2D eigenvalue weighted by Gasteiger charge is 2.20. The molecule has 0 spiro atoms. The molecule has 2 saturated heterocycles. The van der Waals surface area contributed by atoms with Crippen LogP contribution < -0.4 is 10.2 Å². The Bertz CT molecular complexity index is 1200. The summed E-state index contributed by atoms with van der Waals surface area (Å²) in [4.78, 5) is 22.5. The Morgan fingerprint density at radius 3 is 2.75 bits per heavy atom. The maximum atomic E-state index is 9.77. The molecular weight excluding hydrogens is 456 g/mol. The van der Waals surface area contributed by atoms with Gasteiger partial charge in [0.05, 0.1) is 48.7 Å². The molecule has 0 amide bonds. The number of nitriles is 1. The first kappa shape index (κ1) is 24.1. The van der Waals surface area contributed by atoms with Crippen molar-refractivity contribution in [1.29, 1.82) is 5.26 Å². The van der Waals surface area contributed by atoms with E-state index in [1.54, 1.807) is 18.6 Å². The van der Waals surface area contributed by atoms with E-state index in [1.807, 2.05) is 36.2 Å². The lowest BCUT2D eigenvalue weighted by Gasteiger charge is -2.26. The third kappa shape index (κ3) is 5.94. The van der Waals surface area contributed by atoms with Crippen LogP contribution in [0.4, 0.5) is 17.5 Å². The monoisotopic (exact) mass is 486 g/mol. The summed E-state index contributed by atoms with van der Waals surface area (Å²) in [7, 11) is 1.97. The van der Waals surface area contributed by atoms with Crippen LogP contribution in [-0.4, -0.2) is 77.9 Å². The van der Waals surface area contributed by atoms with E-state index >= 15 is 0 Å². The molecule has 0 saturated carbocycles. The average molecular weight is 487 g/mol. The molecule has 3 aromatic heterocycles. The minimum absolute atomic E-state index is 0.455. The SMILES string of the molecule is CN(CC1CCOC1)c1ncc(-c2ccnc(Nc3ccc(CN4CCOCC4)nc3)n2)cc1C#N. The first-order valence-electron chi connectivity index (χ1n) is 12.2. The number of nitrogens with one attached hydrogen (secondary N) is 1. The quantitative estimate of drug-likeness (QED) is 0.510. The van der Waals surface area contributed by atoms with E-state index in [0.717, 1.165) is 76.0 Å². The molecule has 10 heteroatoms. The van der Waals surface area contributed by atoms with Crippen molar-refractivity contribution < 1.29 is 9.47 Å². The summed E-state index contributed by atoms with van der Waals surface area (Å²) in [6.45, 7) is 6.57. The van der Waals surface area contributed by atoms with Crippen molar-refractivity contribution >= 4 is 17.5 Å². The minimum Gasteiger partial charge on any atom is -0.381 e.